The smallest absolute Gasteiger partial charge is 0.301 e. The van der Waals surface area contributed by atoms with Crippen LogP contribution in [0.5, 0.6) is 6.01 Å². The average Bonchev–Trinajstić information content (AvgIpc) is 3.72. The lowest BCUT2D eigenvalue weighted by Crippen LogP contribution is -2.37. The molecule has 0 bridgehead atoms. The Balaban J connectivity index is 1.25. The van der Waals surface area contributed by atoms with E-state index in [2.05, 4.69) is 43.9 Å². The molecule has 12 heteroatoms. The van der Waals surface area contributed by atoms with Crippen LogP contribution in [0.4, 0.5) is 0 Å². The summed E-state index contributed by atoms with van der Waals surface area (Å²) in [5.41, 5.74) is 4.96. The minimum atomic E-state index is -1.28. The van der Waals surface area contributed by atoms with Gasteiger partial charge >= 0.3 is 6.01 Å². The summed E-state index contributed by atoms with van der Waals surface area (Å²) in [5, 5.41) is 19.3. The standard InChI is InChI=1S/C33H40ClN3O7Si/c1-45(2,3)14-13-40-20-37-26-15-25(34)29(23-11-9-22(10-12-23)21-7-5-4-6-8-21)35-32(26)36-33(37)44-28-19-43-30-27(18-42-31(28)30)41-17-24(39)16-38/h4-12,15,24,27-28,30-31,38-39H,13-14,16-20H2,1-3H3/t24?,27-,28-,30-,31+/m1/s1. The average molecular weight is 654 g/mol. The quantitative estimate of drug-likeness (QED) is 0.152. The first kappa shape index (κ1) is 32.1. The predicted molar refractivity (Wildman–Crippen MR) is 174 cm³/mol. The molecule has 0 radical (unpaired) electrons. The zero-order valence-corrected chi connectivity index (χ0v) is 27.5. The Kier molecular flexibility index (Phi) is 9.88. The van der Waals surface area contributed by atoms with E-state index in [9.17, 15) is 5.11 Å². The molecule has 2 saturated heterocycles. The van der Waals surface area contributed by atoms with Crippen LogP contribution in [0.2, 0.25) is 30.7 Å². The largest absolute Gasteiger partial charge is 0.456 e. The maximum Gasteiger partial charge on any atom is 0.301 e. The van der Waals surface area contributed by atoms with Gasteiger partial charge in [0, 0.05) is 20.2 Å². The van der Waals surface area contributed by atoms with Gasteiger partial charge in [0.1, 0.15) is 31.1 Å². The number of aliphatic hydroxyl groups is 2. The molecule has 240 valence electrons. The van der Waals surface area contributed by atoms with Crippen molar-refractivity contribution in [1.82, 2.24) is 14.5 Å². The van der Waals surface area contributed by atoms with Crippen molar-refractivity contribution in [1.29, 1.82) is 0 Å². The maximum absolute atomic E-state index is 9.69. The first-order valence-corrected chi connectivity index (χ1v) is 19.4. The molecule has 4 aromatic rings. The molecule has 2 aromatic carbocycles. The van der Waals surface area contributed by atoms with Crippen molar-refractivity contribution in [3.8, 4) is 28.4 Å². The predicted octanol–water partition coefficient (Wildman–Crippen LogP) is 5.01. The number of rotatable bonds is 13. The van der Waals surface area contributed by atoms with E-state index < -0.39 is 20.3 Å². The molecule has 5 atom stereocenters. The van der Waals surface area contributed by atoms with Gasteiger partial charge in [-0.25, -0.2) is 4.98 Å². The van der Waals surface area contributed by atoms with E-state index in [1.165, 1.54) is 0 Å². The first-order valence-electron chi connectivity index (χ1n) is 15.3. The number of imidazole rings is 1. The van der Waals surface area contributed by atoms with Gasteiger partial charge in [-0.1, -0.05) is 85.8 Å². The van der Waals surface area contributed by atoms with Crippen LogP contribution in [0.1, 0.15) is 0 Å². The summed E-state index contributed by atoms with van der Waals surface area (Å²) < 4.78 is 32.2. The van der Waals surface area contributed by atoms with Crippen molar-refractivity contribution in [2.75, 3.05) is 33.0 Å². The fraction of sp³-hybridized carbons (Fsp3) is 0.455. The minimum absolute atomic E-state index is 0.00304. The first-order chi connectivity index (χ1) is 21.7. The van der Waals surface area contributed by atoms with Gasteiger partial charge in [0.15, 0.2) is 11.8 Å². The number of benzene rings is 2. The lowest BCUT2D eigenvalue weighted by molar-refractivity contribution is -0.0707. The zero-order chi connectivity index (χ0) is 31.6. The molecular formula is C33H40ClN3O7Si. The molecule has 2 aliphatic heterocycles. The molecule has 0 aliphatic carbocycles. The van der Waals surface area contributed by atoms with Gasteiger partial charge in [-0.15, -0.1) is 0 Å². The van der Waals surface area contributed by atoms with Crippen molar-refractivity contribution in [2.45, 2.75) is 62.9 Å². The van der Waals surface area contributed by atoms with Crippen molar-refractivity contribution < 1.29 is 33.9 Å². The maximum atomic E-state index is 9.69. The van der Waals surface area contributed by atoms with Crippen LogP contribution >= 0.6 is 11.6 Å². The van der Waals surface area contributed by atoms with Gasteiger partial charge in [0.25, 0.3) is 0 Å². The van der Waals surface area contributed by atoms with Gasteiger partial charge in [-0.2, -0.15) is 4.98 Å². The Morgan fingerprint density at radius 2 is 1.62 bits per heavy atom. The van der Waals surface area contributed by atoms with Crippen molar-refractivity contribution in [2.24, 2.45) is 0 Å². The molecule has 4 heterocycles. The Morgan fingerprint density at radius 3 is 2.33 bits per heavy atom. The summed E-state index contributed by atoms with van der Waals surface area (Å²) in [4.78, 5) is 9.68. The monoisotopic (exact) mass is 653 g/mol. The van der Waals surface area contributed by atoms with Crippen LogP contribution < -0.4 is 4.74 Å². The molecular weight excluding hydrogens is 614 g/mol. The molecule has 10 nitrogen and oxygen atoms in total. The molecule has 45 heavy (non-hydrogen) atoms. The van der Waals surface area contributed by atoms with Crippen LogP contribution in [0, 0.1) is 0 Å². The highest BCUT2D eigenvalue weighted by Crippen LogP contribution is 2.35. The zero-order valence-electron chi connectivity index (χ0n) is 25.8. The molecule has 2 aromatic heterocycles. The van der Waals surface area contributed by atoms with E-state index in [-0.39, 0.29) is 44.9 Å². The SMILES string of the molecule is C[Si](C)(C)CCOCn1c(O[C@@H]2CO[C@H]3[C@H]2OC[C@H]3OCC(O)CO)nc2nc(-c3ccc(-c4ccccc4)cc3)c(Cl)cc21. The van der Waals surface area contributed by atoms with E-state index >= 15 is 0 Å². The Labute approximate surface area is 268 Å². The minimum Gasteiger partial charge on any atom is -0.456 e. The fourth-order valence-electron chi connectivity index (χ4n) is 5.50. The second-order valence-electron chi connectivity index (χ2n) is 12.7. The lowest BCUT2D eigenvalue weighted by atomic mass is 10.0. The second kappa shape index (κ2) is 13.9. The van der Waals surface area contributed by atoms with E-state index in [0.29, 0.717) is 41.1 Å². The molecule has 0 saturated carbocycles. The van der Waals surface area contributed by atoms with Gasteiger partial charge in [-0.3, -0.25) is 4.57 Å². The highest BCUT2D eigenvalue weighted by Gasteiger charge is 2.50. The Morgan fingerprint density at radius 1 is 0.956 bits per heavy atom. The van der Waals surface area contributed by atoms with Gasteiger partial charge < -0.3 is 33.9 Å². The summed E-state index contributed by atoms with van der Waals surface area (Å²) in [7, 11) is -1.28. The highest BCUT2D eigenvalue weighted by atomic mass is 35.5. The molecule has 2 aliphatic rings. The van der Waals surface area contributed by atoms with Crippen molar-refractivity contribution >= 4 is 30.8 Å². The number of hydrogen-bond donors (Lipinski definition) is 2. The number of aromatic nitrogens is 3. The van der Waals surface area contributed by atoms with Crippen molar-refractivity contribution in [3.63, 3.8) is 0 Å². The van der Waals surface area contributed by atoms with Crippen LogP contribution in [0.3, 0.4) is 0 Å². The van der Waals surface area contributed by atoms with Crippen LogP contribution in [-0.2, 0) is 25.7 Å². The molecule has 1 unspecified atom stereocenters. The third-order valence-electron chi connectivity index (χ3n) is 8.07. The summed E-state index contributed by atoms with van der Waals surface area (Å²) >= 11 is 6.85. The highest BCUT2D eigenvalue weighted by molar-refractivity contribution is 6.76. The summed E-state index contributed by atoms with van der Waals surface area (Å²) in [6.45, 7) is 8.00. The van der Waals surface area contributed by atoms with E-state index in [1.807, 2.05) is 41.0 Å². The van der Waals surface area contributed by atoms with Gasteiger partial charge in [0.2, 0.25) is 0 Å². The van der Waals surface area contributed by atoms with E-state index in [1.54, 1.807) is 0 Å². The summed E-state index contributed by atoms with van der Waals surface area (Å²) in [6, 6.07) is 21.6. The third kappa shape index (κ3) is 7.42. The van der Waals surface area contributed by atoms with Crippen molar-refractivity contribution in [3.05, 3.63) is 65.7 Å². The number of nitrogens with zero attached hydrogens (tertiary/aromatic N) is 3. The molecule has 0 spiro atoms. The van der Waals surface area contributed by atoms with Gasteiger partial charge in [0.05, 0.1) is 42.7 Å². The van der Waals surface area contributed by atoms with Crippen LogP contribution in [-0.4, -0.2) is 96.4 Å². The Hall–Kier alpha value is -2.87. The number of fused-ring (bicyclic) bond motifs is 2. The molecule has 6 rings (SSSR count). The second-order valence-corrected chi connectivity index (χ2v) is 18.8. The van der Waals surface area contributed by atoms with E-state index in [4.69, 9.17) is 50.4 Å². The number of pyridine rings is 1. The topological polar surface area (TPSA) is 117 Å². The Bertz CT molecular complexity index is 1580. The molecule has 2 fully saturated rings. The van der Waals surface area contributed by atoms with E-state index in [0.717, 1.165) is 22.7 Å². The van der Waals surface area contributed by atoms with Crippen LogP contribution in [0.15, 0.2) is 60.7 Å². The summed E-state index contributed by atoms with van der Waals surface area (Å²) in [6.07, 6.45) is -2.50. The third-order valence-corrected chi connectivity index (χ3v) is 10.1. The molecule has 2 N–H and O–H groups in total. The number of aliphatic hydroxyl groups excluding tert-OH is 2. The normalized spacial score (nSPS) is 22.2. The number of ether oxygens (including phenoxy) is 5. The number of hydrogen-bond acceptors (Lipinski definition) is 9. The van der Waals surface area contributed by atoms with Gasteiger partial charge in [-0.05, 0) is 23.2 Å². The van der Waals surface area contributed by atoms with Crippen LogP contribution in [0.25, 0.3) is 33.5 Å². The molecule has 0 amide bonds. The summed E-state index contributed by atoms with van der Waals surface area (Å²) in [5.74, 6) is 0. The fourth-order valence-corrected chi connectivity index (χ4v) is 6.51. The number of halogens is 1. The lowest BCUT2D eigenvalue weighted by Gasteiger charge is -2.19.